The van der Waals surface area contributed by atoms with E-state index >= 15 is 0 Å². The van der Waals surface area contributed by atoms with Crippen LogP contribution in [0.4, 0.5) is 0 Å². The van der Waals surface area contributed by atoms with Crippen LogP contribution in [-0.4, -0.2) is 42.4 Å². The lowest BCUT2D eigenvalue weighted by Gasteiger charge is -2.27. The first-order valence-corrected chi connectivity index (χ1v) is 14.9. The fourth-order valence-electron chi connectivity index (χ4n) is 5.19. The predicted molar refractivity (Wildman–Crippen MR) is 165 cm³/mol. The second-order valence-electron chi connectivity index (χ2n) is 10.1. The Bertz CT molecular complexity index is 1960. The number of aromatic nitrogens is 1. The van der Waals surface area contributed by atoms with Gasteiger partial charge in [0.05, 0.1) is 42.2 Å². The molecule has 3 heterocycles. The van der Waals surface area contributed by atoms with Crippen LogP contribution in [0.1, 0.15) is 60.0 Å². The Balaban J connectivity index is 1.71. The van der Waals surface area contributed by atoms with Crippen molar-refractivity contribution in [1.29, 1.82) is 0 Å². The van der Waals surface area contributed by atoms with Crippen LogP contribution in [0.25, 0.3) is 17.4 Å². The molecule has 0 amide bonds. The number of hydrogen-bond acceptors (Lipinski definition) is 9. The molecule has 10 nitrogen and oxygen atoms in total. The molecule has 1 N–H and O–H groups in total. The number of furan rings is 1. The van der Waals surface area contributed by atoms with Crippen molar-refractivity contribution in [3.63, 3.8) is 0 Å². The average molecular weight is 617 g/mol. The van der Waals surface area contributed by atoms with Crippen LogP contribution in [0, 0.1) is 6.92 Å². The molecular weight excluding hydrogens is 584 g/mol. The Morgan fingerprint density at radius 3 is 2.57 bits per heavy atom. The fraction of sp³-hybridized carbons (Fsp3) is 0.273. The summed E-state index contributed by atoms with van der Waals surface area (Å²) in [7, 11) is 3.07. The number of esters is 1. The van der Waals surface area contributed by atoms with Gasteiger partial charge in [0.1, 0.15) is 29.1 Å². The van der Waals surface area contributed by atoms with Gasteiger partial charge in [-0.25, -0.2) is 14.6 Å². The summed E-state index contributed by atoms with van der Waals surface area (Å²) in [5.74, 6) is 0.285. The van der Waals surface area contributed by atoms with Crippen molar-refractivity contribution in [2.24, 2.45) is 4.99 Å². The van der Waals surface area contributed by atoms with Gasteiger partial charge >= 0.3 is 11.9 Å². The van der Waals surface area contributed by atoms with Gasteiger partial charge in [0, 0.05) is 17.2 Å². The number of carbonyl (C=O) groups excluding carboxylic acids is 1. The number of methoxy groups -OCH3 is 2. The first-order chi connectivity index (χ1) is 21.2. The molecule has 4 aromatic rings. The largest absolute Gasteiger partial charge is 0.497 e. The lowest BCUT2D eigenvalue weighted by Crippen LogP contribution is -2.40. The molecule has 1 aliphatic heterocycles. The normalized spacial score (nSPS) is 14.7. The highest BCUT2D eigenvalue weighted by atomic mass is 32.1. The summed E-state index contributed by atoms with van der Waals surface area (Å²) in [6.07, 6.45) is 2.84. The molecule has 0 saturated carbocycles. The number of aromatic carboxylic acids is 1. The number of hydrogen-bond donors (Lipinski definition) is 1. The number of carboxylic acids is 1. The van der Waals surface area contributed by atoms with E-state index in [9.17, 15) is 19.5 Å². The number of allylic oxidation sites excluding steroid dienone is 1. The molecule has 1 atom stereocenters. The molecule has 5 rings (SSSR count). The SMILES string of the molecule is CCCC1=C(C(=O)OCC)[C@H](c2cc(OC)ccc2OC)n2c(s/c(=C\c3ccc(-c4cc(C(=O)O)ccc4C)o3)c2=O)=N1. The second kappa shape index (κ2) is 12.8. The minimum atomic E-state index is -1.04. The van der Waals surface area contributed by atoms with E-state index in [4.69, 9.17) is 23.6 Å². The van der Waals surface area contributed by atoms with Gasteiger partial charge in [-0.2, -0.15) is 0 Å². The van der Waals surface area contributed by atoms with E-state index in [1.54, 1.807) is 62.6 Å². The number of carbonyl (C=O) groups is 2. The van der Waals surface area contributed by atoms with Crippen LogP contribution in [0.3, 0.4) is 0 Å². The minimum absolute atomic E-state index is 0.144. The van der Waals surface area contributed by atoms with Gasteiger partial charge in [-0.15, -0.1) is 0 Å². The Hall–Kier alpha value is -4.90. The molecule has 2 aromatic carbocycles. The fourth-order valence-corrected chi connectivity index (χ4v) is 6.19. The van der Waals surface area contributed by atoms with Crippen molar-refractivity contribution in [3.8, 4) is 22.8 Å². The van der Waals surface area contributed by atoms with Crippen LogP contribution in [0.2, 0.25) is 0 Å². The molecule has 0 unspecified atom stereocenters. The van der Waals surface area contributed by atoms with Gasteiger partial charge in [0.2, 0.25) is 0 Å². The van der Waals surface area contributed by atoms with Crippen molar-refractivity contribution in [2.75, 3.05) is 20.8 Å². The van der Waals surface area contributed by atoms with Crippen LogP contribution in [0.5, 0.6) is 11.5 Å². The zero-order valence-corrected chi connectivity index (χ0v) is 25.8. The number of thiazole rings is 1. The number of aryl methyl sites for hydroxylation is 1. The monoisotopic (exact) mass is 616 g/mol. The van der Waals surface area contributed by atoms with Crippen LogP contribution in [0.15, 0.2) is 74.0 Å². The smallest absolute Gasteiger partial charge is 0.338 e. The van der Waals surface area contributed by atoms with Crippen molar-refractivity contribution in [1.82, 2.24) is 4.57 Å². The number of ether oxygens (including phenoxy) is 3. The van der Waals surface area contributed by atoms with Gasteiger partial charge in [-0.1, -0.05) is 30.7 Å². The topological polar surface area (TPSA) is 130 Å². The maximum atomic E-state index is 14.1. The number of benzene rings is 2. The molecule has 11 heteroatoms. The number of fused-ring (bicyclic) bond motifs is 1. The lowest BCUT2D eigenvalue weighted by atomic mass is 9.93. The van der Waals surface area contributed by atoms with E-state index in [-0.39, 0.29) is 23.3 Å². The third kappa shape index (κ3) is 5.70. The Morgan fingerprint density at radius 1 is 1.09 bits per heavy atom. The lowest BCUT2D eigenvalue weighted by molar-refractivity contribution is -0.139. The highest BCUT2D eigenvalue weighted by molar-refractivity contribution is 7.07. The molecule has 0 spiro atoms. The summed E-state index contributed by atoms with van der Waals surface area (Å²) < 4.78 is 24.5. The van der Waals surface area contributed by atoms with E-state index in [1.807, 2.05) is 13.8 Å². The van der Waals surface area contributed by atoms with E-state index in [2.05, 4.69) is 0 Å². The van der Waals surface area contributed by atoms with Crippen molar-refractivity contribution >= 4 is 29.4 Å². The zero-order valence-electron chi connectivity index (χ0n) is 25.0. The molecule has 0 bridgehead atoms. The summed E-state index contributed by atoms with van der Waals surface area (Å²) in [4.78, 5) is 44.3. The maximum Gasteiger partial charge on any atom is 0.338 e. The minimum Gasteiger partial charge on any atom is -0.497 e. The summed E-state index contributed by atoms with van der Waals surface area (Å²) in [5, 5.41) is 9.43. The highest BCUT2D eigenvalue weighted by Crippen LogP contribution is 2.38. The van der Waals surface area contributed by atoms with Crippen molar-refractivity contribution in [3.05, 3.63) is 102 Å². The van der Waals surface area contributed by atoms with E-state index in [0.717, 1.165) is 12.0 Å². The van der Waals surface area contributed by atoms with Gasteiger partial charge < -0.3 is 23.7 Å². The molecule has 228 valence electrons. The second-order valence-corrected chi connectivity index (χ2v) is 11.1. The molecular formula is C33H32N2O8S. The van der Waals surface area contributed by atoms with E-state index in [0.29, 0.717) is 55.6 Å². The Morgan fingerprint density at radius 2 is 1.89 bits per heavy atom. The zero-order chi connectivity index (χ0) is 31.5. The maximum absolute atomic E-state index is 14.1. The average Bonchev–Trinajstić information content (AvgIpc) is 3.60. The van der Waals surface area contributed by atoms with Gasteiger partial charge in [-0.3, -0.25) is 9.36 Å². The first kappa shape index (κ1) is 30.6. The summed E-state index contributed by atoms with van der Waals surface area (Å²) in [6, 6.07) is 12.6. The van der Waals surface area contributed by atoms with Gasteiger partial charge in [0.15, 0.2) is 4.80 Å². The first-order valence-electron chi connectivity index (χ1n) is 14.1. The van der Waals surface area contributed by atoms with Gasteiger partial charge in [0.25, 0.3) is 5.56 Å². The van der Waals surface area contributed by atoms with Crippen molar-refractivity contribution < 1.29 is 33.3 Å². The van der Waals surface area contributed by atoms with E-state index < -0.39 is 18.0 Å². The van der Waals surface area contributed by atoms with Crippen LogP contribution < -0.4 is 24.4 Å². The Labute approximate surface area is 257 Å². The molecule has 2 aromatic heterocycles. The third-order valence-corrected chi connectivity index (χ3v) is 8.26. The van der Waals surface area contributed by atoms with E-state index in [1.165, 1.54) is 29.1 Å². The summed E-state index contributed by atoms with van der Waals surface area (Å²) in [5.41, 5.74) is 2.63. The highest BCUT2D eigenvalue weighted by Gasteiger charge is 2.36. The number of carboxylic acid groups (broad SMARTS) is 1. The molecule has 0 radical (unpaired) electrons. The predicted octanol–water partition coefficient (Wildman–Crippen LogP) is 4.86. The standard InChI is InChI=1S/C33H32N2O8S/c1-6-8-24-28(32(39)42-7-2)29(23-16-20(40-4)11-13-25(23)41-5)35-30(36)27(44-33(35)34-24)17-21-12-14-26(43-21)22-15-19(31(37)38)10-9-18(22)3/h9-17,29H,6-8H2,1-5H3,(H,37,38)/b27-17-/t29-/m0/s1. The molecule has 44 heavy (non-hydrogen) atoms. The van der Waals surface area contributed by atoms with Crippen LogP contribution >= 0.6 is 11.3 Å². The number of rotatable bonds is 10. The summed E-state index contributed by atoms with van der Waals surface area (Å²) in [6.45, 7) is 5.74. The van der Waals surface area contributed by atoms with Crippen molar-refractivity contribution in [2.45, 2.75) is 39.7 Å². The molecule has 1 aliphatic rings. The molecule has 0 aliphatic carbocycles. The summed E-state index contributed by atoms with van der Waals surface area (Å²) >= 11 is 1.18. The number of nitrogens with zero attached hydrogens (tertiary/aromatic N) is 2. The molecule has 0 fully saturated rings. The van der Waals surface area contributed by atoms with Gasteiger partial charge in [-0.05, 0) is 68.3 Å². The quantitative estimate of drug-likeness (QED) is 0.250. The Kier molecular flexibility index (Phi) is 8.86. The molecule has 0 saturated heterocycles. The van der Waals surface area contributed by atoms with Crippen LogP contribution in [-0.2, 0) is 9.53 Å². The third-order valence-electron chi connectivity index (χ3n) is 7.27.